The molecule has 1 heterocycles. The van der Waals surface area contributed by atoms with Gasteiger partial charge in [-0.15, -0.1) is 0 Å². The third-order valence-electron chi connectivity index (χ3n) is 4.93. The number of piperidine rings is 1. The number of benzene rings is 1. The van der Waals surface area contributed by atoms with Crippen molar-refractivity contribution in [2.45, 2.75) is 77.1 Å². The summed E-state index contributed by atoms with van der Waals surface area (Å²) in [6.45, 7) is 6.65. The van der Waals surface area contributed by atoms with Crippen LogP contribution in [0.2, 0.25) is 5.02 Å². The summed E-state index contributed by atoms with van der Waals surface area (Å²) in [4.78, 5) is 29.6. The van der Waals surface area contributed by atoms with Crippen molar-refractivity contribution in [3.05, 3.63) is 34.9 Å². The molecule has 0 aromatic heterocycles. The first-order chi connectivity index (χ1) is 12.7. The zero-order valence-electron chi connectivity index (χ0n) is 16.4. The minimum absolute atomic E-state index is 0.0306. The number of halogens is 1. The topological polar surface area (TPSA) is 49.9 Å². The number of carbonyl (C=O) groups is 2. The zero-order chi connectivity index (χ0) is 19.6. The fraction of sp³-hybridized carbons (Fsp3) is 0.619. The molecule has 2 amide bonds. The van der Waals surface area contributed by atoms with E-state index in [4.69, 9.17) is 16.3 Å². The molecule has 1 saturated heterocycles. The average Bonchev–Trinajstić information content (AvgIpc) is 3.42. The maximum atomic E-state index is 13.4. The fourth-order valence-electron chi connectivity index (χ4n) is 3.52. The normalized spacial score (nSPS) is 20.3. The quantitative estimate of drug-likeness (QED) is 0.751. The monoisotopic (exact) mass is 392 g/mol. The maximum absolute atomic E-state index is 13.4. The zero-order valence-corrected chi connectivity index (χ0v) is 17.2. The van der Waals surface area contributed by atoms with Gasteiger partial charge in [0.1, 0.15) is 11.6 Å². The van der Waals surface area contributed by atoms with Gasteiger partial charge in [0.05, 0.1) is 0 Å². The van der Waals surface area contributed by atoms with Gasteiger partial charge in [0.2, 0.25) is 5.91 Å². The van der Waals surface area contributed by atoms with E-state index in [0.29, 0.717) is 24.5 Å². The molecule has 6 heteroatoms. The molecule has 148 valence electrons. The molecule has 2 fully saturated rings. The summed E-state index contributed by atoms with van der Waals surface area (Å²) in [5.74, 6) is 0.0306. The van der Waals surface area contributed by atoms with Crippen LogP contribution in [0, 0.1) is 0 Å². The number of likely N-dealkylation sites (tertiary alicyclic amines) is 1. The first-order valence-corrected chi connectivity index (χ1v) is 10.2. The Morgan fingerprint density at radius 2 is 1.96 bits per heavy atom. The Labute approximate surface area is 166 Å². The lowest BCUT2D eigenvalue weighted by atomic mass is 10.0. The van der Waals surface area contributed by atoms with Crippen molar-refractivity contribution in [2.75, 3.05) is 6.54 Å². The summed E-state index contributed by atoms with van der Waals surface area (Å²) in [6, 6.07) is 7.45. The van der Waals surface area contributed by atoms with E-state index in [1.165, 1.54) is 0 Å². The molecule has 1 aliphatic heterocycles. The molecular weight excluding hydrogens is 364 g/mol. The molecule has 3 rings (SSSR count). The number of hydrogen-bond acceptors (Lipinski definition) is 3. The van der Waals surface area contributed by atoms with Crippen molar-refractivity contribution in [3.8, 4) is 0 Å². The number of amides is 2. The fourth-order valence-corrected chi connectivity index (χ4v) is 3.74. The second-order valence-electron chi connectivity index (χ2n) is 8.51. The Morgan fingerprint density at radius 1 is 1.22 bits per heavy atom. The van der Waals surface area contributed by atoms with E-state index < -0.39 is 11.6 Å². The van der Waals surface area contributed by atoms with Crippen LogP contribution in [0.4, 0.5) is 4.79 Å². The number of nitrogens with zero attached hydrogens (tertiary/aromatic N) is 2. The second-order valence-corrected chi connectivity index (χ2v) is 8.95. The lowest BCUT2D eigenvalue weighted by Gasteiger charge is -2.38. The van der Waals surface area contributed by atoms with Gasteiger partial charge in [-0.05, 0) is 70.6 Å². The maximum Gasteiger partial charge on any atom is 0.410 e. The highest BCUT2D eigenvalue weighted by Gasteiger charge is 2.41. The number of hydrogen-bond donors (Lipinski definition) is 0. The molecule has 0 radical (unpaired) electrons. The lowest BCUT2D eigenvalue weighted by molar-refractivity contribution is -0.139. The van der Waals surface area contributed by atoms with Crippen LogP contribution < -0.4 is 0 Å². The van der Waals surface area contributed by atoms with Crippen LogP contribution in [0.1, 0.15) is 58.4 Å². The van der Waals surface area contributed by atoms with Crippen molar-refractivity contribution in [2.24, 2.45) is 0 Å². The van der Waals surface area contributed by atoms with E-state index in [-0.39, 0.29) is 18.0 Å². The number of rotatable bonds is 4. The Hall–Kier alpha value is -1.75. The van der Waals surface area contributed by atoms with Crippen LogP contribution in [0.5, 0.6) is 0 Å². The van der Waals surface area contributed by atoms with Crippen LogP contribution in [0.25, 0.3) is 0 Å². The van der Waals surface area contributed by atoms with Crippen molar-refractivity contribution >= 4 is 23.6 Å². The molecule has 5 nitrogen and oxygen atoms in total. The lowest BCUT2D eigenvalue weighted by Crippen LogP contribution is -2.54. The summed E-state index contributed by atoms with van der Waals surface area (Å²) in [7, 11) is 0. The van der Waals surface area contributed by atoms with E-state index in [1.54, 1.807) is 4.90 Å². The highest BCUT2D eigenvalue weighted by atomic mass is 35.5. The van der Waals surface area contributed by atoms with Gasteiger partial charge in [-0.25, -0.2) is 4.79 Å². The van der Waals surface area contributed by atoms with E-state index in [0.717, 1.165) is 31.2 Å². The highest BCUT2D eigenvalue weighted by Crippen LogP contribution is 2.32. The third kappa shape index (κ3) is 5.38. The summed E-state index contributed by atoms with van der Waals surface area (Å²) in [5.41, 5.74) is 0.446. The molecule has 2 aliphatic rings. The second kappa shape index (κ2) is 8.09. The molecule has 1 aromatic rings. The Balaban J connectivity index is 1.76. The average molecular weight is 393 g/mol. The minimum atomic E-state index is -0.570. The van der Waals surface area contributed by atoms with Crippen molar-refractivity contribution in [3.63, 3.8) is 0 Å². The molecular formula is C21H29ClN2O3. The van der Waals surface area contributed by atoms with E-state index >= 15 is 0 Å². The molecule has 0 spiro atoms. The van der Waals surface area contributed by atoms with Gasteiger partial charge in [0.15, 0.2) is 0 Å². The van der Waals surface area contributed by atoms with E-state index in [9.17, 15) is 9.59 Å². The smallest absolute Gasteiger partial charge is 0.410 e. The third-order valence-corrected chi connectivity index (χ3v) is 5.16. The van der Waals surface area contributed by atoms with Gasteiger partial charge in [-0.3, -0.25) is 9.69 Å². The van der Waals surface area contributed by atoms with Gasteiger partial charge in [-0.2, -0.15) is 0 Å². The van der Waals surface area contributed by atoms with Crippen LogP contribution in [0.3, 0.4) is 0 Å². The Morgan fingerprint density at radius 3 is 2.59 bits per heavy atom. The molecule has 1 unspecified atom stereocenters. The molecule has 27 heavy (non-hydrogen) atoms. The van der Waals surface area contributed by atoms with Crippen LogP contribution in [0.15, 0.2) is 24.3 Å². The summed E-state index contributed by atoms with van der Waals surface area (Å²) in [6.07, 6.45) is 4.19. The highest BCUT2D eigenvalue weighted by molar-refractivity contribution is 6.30. The van der Waals surface area contributed by atoms with Crippen LogP contribution in [-0.2, 0) is 16.1 Å². The number of carbonyl (C=O) groups excluding carboxylic acids is 2. The molecule has 0 bridgehead atoms. The van der Waals surface area contributed by atoms with Gasteiger partial charge >= 0.3 is 6.09 Å². The summed E-state index contributed by atoms with van der Waals surface area (Å²) in [5, 5.41) is 0.670. The van der Waals surface area contributed by atoms with Crippen LogP contribution in [-0.4, -0.2) is 46.0 Å². The van der Waals surface area contributed by atoms with Gasteiger partial charge in [0.25, 0.3) is 0 Å². The van der Waals surface area contributed by atoms with Gasteiger partial charge in [-0.1, -0.05) is 23.7 Å². The largest absolute Gasteiger partial charge is 0.444 e. The van der Waals surface area contributed by atoms with E-state index in [2.05, 4.69) is 0 Å². The minimum Gasteiger partial charge on any atom is -0.444 e. The predicted molar refractivity (Wildman–Crippen MR) is 106 cm³/mol. The molecule has 1 aromatic carbocycles. The predicted octanol–water partition coefficient (Wildman–Crippen LogP) is 4.62. The Kier molecular flexibility index (Phi) is 5.99. The van der Waals surface area contributed by atoms with Crippen molar-refractivity contribution in [1.82, 2.24) is 9.80 Å². The summed E-state index contributed by atoms with van der Waals surface area (Å²) < 4.78 is 5.55. The molecule has 1 saturated carbocycles. The van der Waals surface area contributed by atoms with Crippen molar-refractivity contribution < 1.29 is 14.3 Å². The first-order valence-electron chi connectivity index (χ1n) is 9.79. The summed E-state index contributed by atoms with van der Waals surface area (Å²) >= 11 is 6.11. The van der Waals surface area contributed by atoms with Gasteiger partial charge in [0, 0.05) is 24.2 Å². The Bertz CT molecular complexity index is 697. The standard InChI is InChI=1S/C21H29ClN2O3/c1-21(2,3)27-20(26)23-12-5-4-9-18(23)19(25)24(17-10-11-17)14-15-7-6-8-16(22)13-15/h6-8,13,17-18H,4-5,9-12,14H2,1-3H3. The van der Waals surface area contributed by atoms with Gasteiger partial charge < -0.3 is 9.64 Å². The first kappa shape index (κ1) is 20.0. The van der Waals surface area contributed by atoms with Crippen molar-refractivity contribution in [1.29, 1.82) is 0 Å². The molecule has 1 atom stereocenters. The SMILES string of the molecule is CC(C)(C)OC(=O)N1CCCCC1C(=O)N(Cc1cccc(Cl)c1)C1CC1. The number of ether oxygens (including phenoxy) is 1. The van der Waals surface area contributed by atoms with Crippen LogP contribution >= 0.6 is 11.6 Å². The molecule has 1 aliphatic carbocycles. The van der Waals surface area contributed by atoms with E-state index in [1.807, 2.05) is 49.9 Å². The molecule has 0 N–H and O–H groups in total.